The second kappa shape index (κ2) is 43.3. The zero-order chi connectivity index (χ0) is 41.9. The van der Waals surface area contributed by atoms with Crippen LogP contribution in [0.15, 0.2) is 0 Å². The van der Waals surface area contributed by atoms with Gasteiger partial charge in [-0.15, -0.1) is 0 Å². The maximum atomic E-state index is 12.2. The molecule has 0 fully saturated rings. The van der Waals surface area contributed by atoms with E-state index in [2.05, 4.69) is 18.0 Å². The van der Waals surface area contributed by atoms with Gasteiger partial charge in [-0.1, -0.05) is 194 Å². The zero-order valence-electron chi connectivity index (χ0n) is 36.8. The Morgan fingerprint density at radius 2 is 0.750 bits per heavy atom. The molecule has 0 aliphatic rings. The first-order valence-corrected chi connectivity index (χ1v) is 24.7. The summed E-state index contributed by atoms with van der Waals surface area (Å²) in [7, 11) is -4.17. The fourth-order valence-corrected chi connectivity index (χ4v) is 7.21. The molecule has 0 heterocycles. The van der Waals surface area contributed by atoms with E-state index in [0.29, 0.717) is 32.1 Å². The van der Waals surface area contributed by atoms with Crippen molar-refractivity contribution in [3.63, 3.8) is 0 Å². The average Bonchev–Trinajstić information content (AvgIpc) is 3.14. The van der Waals surface area contributed by atoms with Crippen LogP contribution in [0.2, 0.25) is 0 Å². The highest BCUT2D eigenvalue weighted by atomic mass is 32.3. The van der Waals surface area contributed by atoms with Gasteiger partial charge in [-0.05, 0) is 39.0 Å². The van der Waals surface area contributed by atoms with E-state index in [1.165, 1.54) is 174 Å². The minimum Gasteiger partial charge on any atom is -0.466 e. The molecule has 0 saturated heterocycles. The Balaban J connectivity index is 0. The van der Waals surface area contributed by atoms with Crippen LogP contribution in [0.4, 0.5) is 0 Å². The summed E-state index contributed by atoms with van der Waals surface area (Å²) in [6.45, 7) is 6.41. The molecular weight excluding hydrogens is 731 g/mol. The van der Waals surface area contributed by atoms with Crippen molar-refractivity contribution in [2.24, 2.45) is 5.73 Å². The number of unbranched alkanes of at least 4 members (excludes halogenated alkanes) is 28. The van der Waals surface area contributed by atoms with E-state index in [0.717, 1.165) is 25.7 Å². The Morgan fingerprint density at radius 1 is 0.482 bits per heavy atom. The van der Waals surface area contributed by atoms with E-state index in [1.807, 2.05) is 0 Å². The topological polar surface area (TPSA) is 162 Å². The molecule has 0 spiro atoms. The van der Waals surface area contributed by atoms with Gasteiger partial charge in [-0.25, -0.2) is 4.18 Å². The monoisotopic (exact) mass is 822 g/mol. The fourth-order valence-electron chi connectivity index (χ4n) is 6.91. The first-order valence-electron chi connectivity index (χ1n) is 23.4. The number of esters is 2. The molecule has 0 atom stereocenters. The molecule has 0 aliphatic carbocycles. The molecule has 0 amide bonds. The fraction of sp³-hybridized carbons (Fsp3) is 0.956. The van der Waals surface area contributed by atoms with Crippen molar-refractivity contribution in [1.82, 2.24) is 0 Å². The van der Waals surface area contributed by atoms with Crippen LogP contribution in [-0.4, -0.2) is 62.0 Å². The largest absolute Gasteiger partial charge is 0.466 e. The smallest absolute Gasteiger partial charge is 0.397 e. The SMILES string of the molecule is CCCCCCCCCCCCCCCCCC(=O)OCCC(N)(CCO)CCOC(=O)CCCCCCCCCCCCCCCCC.CCOS(=O)(=O)O. The van der Waals surface area contributed by atoms with Crippen LogP contribution < -0.4 is 5.73 Å². The van der Waals surface area contributed by atoms with Gasteiger partial charge >= 0.3 is 22.3 Å². The summed E-state index contributed by atoms with van der Waals surface area (Å²) >= 11 is 0. The van der Waals surface area contributed by atoms with Crippen LogP contribution in [-0.2, 0) is 33.6 Å². The highest BCUT2D eigenvalue weighted by Gasteiger charge is 2.25. The lowest BCUT2D eigenvalue weighted by atomic mass is 9.90. The molecule has 0 unspecified atom stereocenters. The summed E-state index contributed by atoms with van der Waals surface area (Å²) in [5, 5.41) is 9.53. The van der Waals surface area contributed by atoms with Gasteiger partial charge in [0.1, 0.15) is 0 Å². The van der Waals surface area contributed by atoms with Crippen molar-refractivity contribution in [2.75, 3.05) is 26.4 Å². The highest BCUT2D eigenvalue weighted by molar-refractivity contribution is 7.80. The minimum atomic E-state index is -4.17. The van der Waals surface area contributed by atoms with Gasteiger partial charge in [0.2, 0.25) is 0 Å². The van der Waals surface area contributed by atoms with Crippen LogP contribution in [0.25, 0.3) is 0 Å². The van der Waals surface area contributed by atoms with Crippen molar-refractivity contribution >= 4 is 22.3 Å². The zero-order valence-corrected chi connectivity index (χ0v) is 37.6. The van der Waals surface area contributed by atoms with Gasteiger partial charge in [0, 0.05) is 25.0 Å². The van der Waals surface area contributed by atoms with Gasteiger partial charge in [-0.2, -0.15) is 8.42 Å². The van der Waals surface area contributed by atoms with E-state index in [4.69, 9.17) is 19.8 Å². The van der Waals surface area contributed by atoms with Crippen LogP contribution in [0.1, 0.15) is 245 Å². The molecule has 4 N–H and O–H groups in total. The van der Waals surface area contributed by atoms with Crippen LogP contribution in [0.3, 0.4) is 0 Å². The summed E-state index contributed by atoms with van der Waals surface area (Å²) in [4.78, 5) is 24.4. The molecule has 10 nitrogen and oxygen atoms in total. The summed E-state index contributed by atoms with van der Waals surface area (Å²) in [5.74, 6) is -0.341. The van der Waals surface area contributed by atoms with Gasteiger partial charge in [0.05, 0.1) is 19.8 Å². The molecule has 0 bridgehead atoms. The van der Waals surface area contributed by atoms with E-state index in [-0.39, 0.29) is 38.4 Å². The summed E-state index contributed by atoms with van der Waals surface area (Å²) < 4.78 is 41.6. The molecule has 0 rings (SSSR count). The maximum Gasteiger partial charge on any atom is 0.397 e. The number of carbonyl (C=O) groups is 2. The van der Waals surface area contributed by atoms with Crippen molar-refractivity contribution < 1.29 is 41.3 Å². The molecule has 56 heavy (non-hydrogen) atoms. The third-order valence-electron chi connectivity index (χ3n) is 10.6. The van der Waals surface area contributed by atoms with Gasteiger partial charge < -0.3 is 20.3 Å². The molecule has 11 heteroatoms. The number of hydrogen-bond acceptors (Lipinski definition) is 9. The van der Waals surface area contributed by atoms with Crippen LogP contribution >= 0.6 is 0 Å². The Labute approximate surface area is 345 Å². The Bertz CT molecular complexity index is 896. The molecule has 0 saturated carbocycles. The number of rotatable bonds is 42. The molecule has 0 aliphatic heterocycles. The van der Waals surface area contributed by atoms with E-state index in [9.17, 15) is 23.1 Å². The molecular formula is C45H91NO9S. The number of aliphatic hydroxyl groups is 1. The number of ether oxygens (including phenoxy) is 2. The second-order valence-electron chi connectivity index (χ2n) is 16.0. The lowest BCUT2D eigenvalue weighted by Gasteiger charge is -2.28. The number of hydrogen-bond donors (Lipinski definition) is 3. The lowest BCUT2D eigenvalue weighted by molar-refractivity contribution is -0.144. The Hall–Kier alpha value is -1.27. The number of nitrogens with two attached hydrogens (primary N) is 1. The molecule has 0 radical (unpaired) electrons. The normalized spacial score (nSPS) is 11.7. The summed E-state index contributed by atoms with van der Waals surface area (Å²) in [6, 6.07) is 0. The Kier molecular flexibility index (Phi) is 44.0. The highest BCUT2D eigenvalue weighted by Crippen LogP contribution is 2.19. The number of aliphatic hydroxyl groups excluding tert-OH is 1. The average molecular weight is 822 g/mol. The van der Waals surface area contributed by atoms with Crippen molar-refractivity contribution in [3.05, 3.63) is 0 Å². The molecule has 0 aromatic carbocycles. The van der Waals surface area contributed by atoms with Crippen molar-refractivity contribution in [2.45, 2.75) is 251 Å². The predicted molar refractivity (Wildman–Crippen MR) is 232 cm³/mol. The van der Waals surface area contributed by atoms with E-state index in [1.54, 1.807) is 0 Å². The maximum absolute atomic E-state index is 12.2. The summed E-state index contributed by atoms with van der Waals surface area (Å²) in [6.07, 6.45) is 41.3. The third-order valence-corrected chi connectivity index (χ3v) is 11.1. The second-order valence-corrected chi connectivity index (χ2v) is 17.1. The minimum absolute atomic E-state index is 0.0289. The van der Waals surface area contributed by atoms with Gasteiger partial charge in [-0.3, -0.25) is 14.1 Å². The van der Waals surface area contributed by atoms with Gasteiger partial charge in [0.15, 0.2) is 0 Å². The third kappa shape index (κ3) is 47.1. The van der Waals surface area contributed by atoms with E-state index < -0.39 is 15.9 Å². The number of carbonyl (C=O) groups excluding carboxylic acids is 2. The molecule has 0 aromatic rings. The van der Waals surface area contributed by atoms with Crippen LogP contribution in [0.5, 0.6) is 0 Å². The first-order chi connectivity index (χ1) is 27.0. The first kappa shape index (κ1) is 56.8. The standard InChI is InChI=1S/C43H85NO5.C2H6O4S/c1-3-5-7-9-11-13-15-17-19-21-23-25-27-29-31-33-41(46)48-39-36-43(44,35-38-45)37-40-49-42(47)34-32-30-28-26-24-22-20-18-16-14-12-10-8-6-4-2;1-2-6-7(3,4)5/h45H,3-40,44H2,1-2H3;2H2,1H3,(H,3,4,5). The van der Waals surface area contributed by atoms with Crippen molar-refractivity contribution in [3.8, 4) is 0 Å². The Morgan fingerprint density at radius 3 is 0.964 bits per heavy atom. The molecule has 0 aromatic heterocycles. The lowest BCUT2D eigenvalue weighted by Crippen LogP contribution is -2.43. The predicted octanol–water partition coefficient (Wildman–Crippen LogP) is 12.3. The van der Waals surface area contributed by atoms with Gasteiger partial charge in [0.25, 0.3) is 0 Å². The van der Waals surface area contributed by atoms with E-state index >= 15 is 0 Å². The summed E-state index contributed by atoms with van der Waals surface area (Å²) in [5.41, 5.74) is 5.80. The van der Waals surface area contributed by atoms with Crippen molar-refractivity contribution in [1.29, 1.82) is 0 Å². The molecule has 336 valence electrons. The van der Waals surface area contributed by atoms with Crippen LogP contribution in [0, 0.1) is 0 Å². The quantitative estimate of drug-likeness (QED) is 0.0307.